The summed E-state index contributed by atoms with van der Waals surface area (Å²) in [5.41, 5.74) is 0.657. The molecule has 0 fully saturated rings. The summed E-state index contributed by atoms with van der Waals surface area (Å²) in [6, 6.07) is 8.30. The van der Waals surface area contributed by atoms with Gasteiger partial charge in [0.2, 0.25) is 0 Å². The van der Waals surface area contributed by atoms with Gasteiger partial charge in [-0.25, -0.2) is 0 Å². The molecular weight excluding hydrogens is 468 g/mol. The number of benzene rings is 2. The van der Waals surface area contributed by atoms with Crippen molar-refractivity contribution in [3.05, 3.63) is 41.5 Å². The lowest BCUT2D eigenvalue weighted by Gasteiger charge is -2.35. The molecule has 0 radical (unpaired) electrons. The van der Waals surface area contributed by atoms with Gasteiger partial charge in [0.1, 0.15) is 34.6 Å². The number of phenolic OH excluding ortho intramolecular Hbond substituents is 2. The normalized spacial score (nSPS) is 17.7. The molecule has 2 aromatic carbocycles. The standard InChI is InChI=1S/C31H46O6/c1-7-9-11-15-30(3,4)36-22-18-27-23(28(19-22)37-31(5,6)16-12-10-8-2)20-26(34)29(35-27)21-13-14-24(32)25(33)17-21/h13-14,17-19,26,29,32-34H,7-12,15-16,20H2,1-6H3/t26-,29-/m1/s1. The molecule has 1 aliphatic rings. The van der Waals surface area contributed by atoms with Gasteiger partial charge in [-0.15, -0.1) is 0 Å². The van der Waals surface area contributed by atoms with E-state index in [-0.39, 0.29) is 22.7 Å². The Balaban J connectivity index is 1.95. The van der Waals surface area contributed by atoms with Crippen molar-refractivity contribution < 1.29 is 29.5 Å². The van der Waals surface area contributed by atoms with Gasteiger partial charge in [0.05, 0.1) is 6.10 Å². The molecule has 0 aromatic heterocycles. The molecule has 3 N–H and O–H groups in total. The summed E-state index contributed by atoms with van der Waals surface area (Å²) in [5, 5.41) is 30.8. The molecule has 0 bridgehead atoms. The summed E-state index contributed by atoms with van der Waals surface area (Å²) in [5.74, 6) is 1.48. The van der Waals surface area contributed by atoms with Crippen molar-refractivity contribution >= 4 is 0 Å². The molecule has 6 heteroatoms. The Labute approximate surface area is 222 Å². The predicted octanol–water partition coefficient (Wildman–Crippen LogP) is 7.61. The second kappa shape index (κ2) is 12.3. The maximum absolute atomic E-state index is 11.0. The van der Waals surface area contributed by atoms with Crippen molar-refractivity contribution in [2.75, 3.05) is 0 Å². The lowest BCUT2D eigenvalue weighted by molar-refractivity contribution is 0.0163. The summed E-state index contributed by atoms with van der Waals surface area (Å²) in [6.07, 6.45) is 7.45. The van der Waals surface area contributed by atoms with Gasteiger partial charge in [0.25, 0.3) is 0 Å². The van der Waals surface area contributed by atoms with Crippen LogP contribution in [0.4, 0.5) is 0 Å². The molecule has 0 amide bonds. The molecule has 0 aliphatic carbocycles. The van der Waals surface area contributed by atoms with E-state index in [1.54, 1.807) is 6.07 Å². The molecule has 206 valence electrons. The lowest BCUT2D eigenvalue weighted by atomic mass is 9.93. The van der Waals surface area contributed by atoms with Gasteiger partial charge < -0.3 is 29.5 Å². The van der Waals surface area contributed by atoms with Crippen LogP contribution >= 0.6 is 0 Å². The summed E-state index contributed by atoms with van der Waals surface area (Å²) in [4.78, 5) is 0. The molecular formula is C31H46O6. The first kappa shape index (κ1) is 29.0. The number of unbranched alkanes of at least 4 members (excludes halogenated alkanes) is 4. The van der Waals surface area contributed by atoms with Crippen LogP contribution in [0, 0.1) is 0 Å². The monoisotopic (exact) mass is 514 g/mol. The molecule has 2 atom stereocenters. The van der Waals surface area contributed by atoms with Crippen LogP contribution < -0.4 is 14.2 Å². The zero-order chi connectivity index (χ0) is 27.2. The summed E-state index contributed by atoms with van der Waals surface area (Å²) in [6.45, 7) is 12.8. The van der Waals surface area contributed by atoms with Crippen molar-refractivity contribution in [1.29, 1.82) is 0 Å². The van der Waals surface area contributed by atoms with Crippen LogP contribution in [0.25, 0.3) is 0 Å². The first-order chi connectivity index (χ1) is 17.4. The van der Waals surface area contributed by atoms with E-state index in [1.165, 1.54) is 18.6 Å². The molecule has 6 nitrogen and oxygen atoms in total. The summed E-state index contributed by atoms with van der Waals surface area (Å²) < 4.78 is 19.4. The Morgan fingerprint density at radius 2 is 1.46 bits per heavy atom. The highest BCUT2D eigenvalue weighted by molar-refractivity contribution is 5.53. The fourth-order valence-corrected chi connectivity index (χ4v) is 4.91. The van der Waals surface area contributed by atoms with Crippen LogP contribution in [0.2, 0.25) is 0 Å². The Morgan fingerprint density at radius 1 is 0.838 bits per heavy atom. The topological polar surface area (TPSA) is 88.4 Å². The average molecular weight is 515 g/mol. The van der Waals surface area contributed by atoms with Crippen molar-refractivity contribution in [3.63, 3.8) is 0 Å². The fraction of sp³-hybridized carbons (Fsp3) is 0.613. The van der Waals surface area contributed by atoms with Gasteiger partial charge in [-0.1, -0.05) is 45.6 Å². The van der Waals surface area contributed by atoms with E-state index in [1.807, 2.05) is 12.1 Å². The van der Waals surface area contributed by atoms with E-state index < -0.39 is 12.2 Å². The highest BCUT2D eigenvalue weighted by Crippen LogP contribution is 2.45. The summed E-state index contributed by atoms with van der Waals surface area (Å²) >= 11 is 0. The van der Waals surface area contributed by atoms with Crippen LogP contribution in [0.15, 0.2) is 30.3 Å². The molecule has 3 rings (SSSR count). The minimum Gasteiger partial charge on any atom is -0.504 e. The zero-order valence-corrected chi connectivity index (χ0v) is 23.5. The number of hydrogen-bond acceptors (Lipinski definition) is 6. The number of ether oxygens (including phenoxy) is 3. The smallest absolute Gasteiger partial charge is 0.157 e. The van der Waals surface area contributed by atoms with E-state index in [9.17, 15) is 15.3 Å². The van der Waals surface area contributed by atoms with Crippen LogP contribution in [-0.2, 0) is 6.42 Å². The van der Waals surface area contributed by atoms with Gasteiger partial charge in [-0.2, -0.15) is 0 Å². The van der Waals surface area contributed by atoms with Crippen LogP contribution in [0.3, 0.4) is 0 Å². The van der Waals surface area contributed by atoms with E-state index in [0.717, 1.165) is 50.5 Å². The minimum atomic E-state index is -0.848. The Morgan fingerprint density at radius 3 is 2.05 bits per heavy atom. The molecule has 1 aliphatic heterocycles. The highest BCUT2D eigenvalue weighted by atomic mass is 16.5. The molecule has 0 saturated heterocycles. The number of phenols is 2. The second-order valence-corrected chi connectivity index (χ2v) is 11.6. The van der Waals surface area contributed by atoms with Gasteiger partial charge in [-0.05, 0) is 71.1 Å². The summed E-state index contributed by atoms with van der Waals surface area (Å²) in [7, 11) is 0. The van der Waals surface area contributed by atoms with Gasteiger partial charge in [0.15, 0.2) is 11.5 Å². The van der Waals surface area contributed by atoms with E-state index in [0.29, 0.717) is 29.2 Å². The molecule has 0 unspecified atom stereocenters. The fourth-order valence-electron chi connectivity index (χ4n) is 4.91. The lowest BCUT2D eigenvalue weighted by Crippen LogP contribution is -2.33. The van der Waals surface area contributed by atoms with E-state index in [2.05, 4.69) is 41.5 Å². The minimum absolute atomic E-state index is 0.212. The molecule has 0 saturated carbocycles. The number of fused-ring (bicyclic) bond motifs is 1. The first-order valence-electron chi connectivity index (χ1n) is 13.9. The van der Waals surface area contributed by atoms with Crippen molar-refractivity contribution in [1.82, 2.24) is 0 Å². The van der Waals surface area contributed by atoms with Gasteiger partial charge >= 0.3 is 0 Å². The number of aliphatic hydroxyl groups excluding tert-OH is 1. The quantitative estimate of drug-likeness (QED) is 0.188. The number of hydrogen-bond donors (Lipinski definition) is 3. The third kappa shape index (κ3) is 7.94. The number of aromatic hydroxyl groups is 2. The van der Waals surface area contributed by atoms with Crippen molar-refractivity contribution in [3.8, 4) is 28.7 Å². The SMILES string of the molecule is CCCCCC(C)(C)Oc1cc2c(c(OC(C)(C)CCCCC)c1)C[C@@H](O)[C@@H](c1ccc(O)c(O)c1)O2. The molecule has 0 spiro atoms. The van der Waals surface area contributed by atoms with Gasteiger partial charge in [0, 0.05) is 24.1 Å². The van der Waals surface area contributed by atoms with Crippen LogP contribution in [0.1, 0.15) is 110 Å². The number of rotatable bonds is 13. The predicted molar refractivity (Wildman–Crippen MR) is 147 cm³/mol. The van der Waals surface area contributed by atoms with Crippen molar-refractivity contribution in [2.24, 2.45) is 0 Å². The van der Waals surface area contributed by atoms with Crippen LogP contribution in [0.5, 0.6) is 28.7 Å². The first-order valence-corrected chi connectivity index (χ1v) is 13.9. The zero-order valence-electron chi connectivity index (χ0n) is 23.5. The Bertz CT molecular complexity index is 1030. The van der Waals surface area contributed by atoms with Crippen LogP contribution in [-0.4, -0.2) is 32.6 Å². The van der Waals surface area contributed by atoms with E-state index in [4.69, 9.17) is 14.2 Å². The maximum Gasteiger partial charge on any atom is 0.157 e. The van der Waals surface area contributed by atoms with Crippen molar-refractivity contribution in [2.45, 2.75) is 123 Å². The average Bonchev–Trinajstić information content (AvgIpc) is 2.81. The maximum atomic E-state index is 11.0. The second-order valence-electron chi connectivity index (χ2n) is 11.6. The Hall–Kier alpha value is -2.60. The Kier molecular flexibility index (Phi) is 9.63. The number of aliphatic hydroxyl groups is 1. The highest BCUT2D eigenvalue weighted by Gasteiger charge is 2.35. The largest absolute Gasteiger partial charge is 0.504 e. The third-order valence-electron chi connectivity index (χ3n) is 7.03. The molecule has 1 heterocycles. The van der Waals surface area contributed by atoms with E-state index >= 15 is 0 Å². The molecule has 37 heavy (non-hydrogen) atoms. The third-order valence-corrected chi connectivity index (χ3v) is 7.03. The molecule has 2 aromatic rings. The van der Waals surface area contributed by atoms with Gasteiger partial charge in [-0.3, -0.25) is 0 Å².